The normalized spacial score (nSPS) is 16.2. The standard InChI is InChI=1S/C15H23BrN2O2S/c1-3-17-10-13-7-8-15(14(16)9-13)21(19,20)18(2)11-12-5-4-6-12/h7-9,12,17H,3-6,10-11H2,1-2H3. The molecule has 21 heavy (non-hydrogen) atoms. The predicted octanol–water partition coefficient (Wildman–Crippen LogP) is 2.98. The second-order valence-corrected chi connectivity index (χ2v) is 8.50. The van der Waals surface area contributed by atoms with Gasteiger partial charge in [0.25, 0.3) is 0 Å². The topological polar surface area (TPSA) is 49.4 Å². The van der Waals surface area contributed by atoms with Gasteiger partial charge in [0.15, 0.2) is 0 Å². The van der Waals surface area contributed by atoms with Gasteiger partial charge in [-0.1, -0.05) is 19.4 Å². The number of rotatable bonds is 7. The lowest BCUT2D eigenvalue weighted by molar-refractivity contribution is 0.263. The van der Waals surface area contributed by atoms with Gasteiger partial charge in [-0.3, -0.25) is 0 Å². The van der Waals surface area contributed by atoms with E-state index in [0.717, 1.165) is 31.5 Å². The van der Waals surface area contributed by atoms with Crippen LogP contribution >= 0.6 is 15.9 Å². The van der Waals surface area contributed by atoms with Crippen LogP contribution < -0.4 is 5.32 Å². The fraction of sp³-hybridized carbons (Fsp3) is 0.600. The Morgan fingerprint density at radius 3 is 2.62 bits per heavy atom. The zero-order valence-corrected chi connectivity index (χ0v) is 15.0. The number of halogens is 1. The summed E-state index contributed by atoms with van der Waals surface area (Å²) in [7, 11) is -1.74. The largest absolute Gasteiger partial charge is 0.313 e. The molecule has 1 saturated carbocycles. The summed E-state index contributed by atoms with van der Waals surface area (Å²) in [4.78, 5) is 0.351. The molecular formula is C15H23BrN2O2S. The minimum atomic E-state index is -3.41. The van der Waals surface area contributed by atoms with Crippen LogP contribution in [0.4, 0.5) is 0 Å². The van der Waals surface area contributed by atoms with E-state index in [9.17, 15) is 8.42 Å². The Hall–Kier alpha value is -0.430. The fourth-order valence-electron chi connectivity index (χ4n) is 2.44. The van der Waals surface area contributed by atoms with Gasteiger partial charge in [0.1, 0.15) is 0 Å². The number of sulfonamides is 1. The molecule has 1 aromatic rings. The van der Waals surface area contributed by atoms with Gasteiger partial charge in [-0.05, 0) is 58.9 Å². The molecule has 118 valence electrons. The average molecular weight is 375 g/mol. The third-order valence-electron chi connectivity index (χ3n) is 4.00. The number of benzene rings is 1. The summed E-state index contributed by atoms with van der Waals surface area (Å²) in [5.41, 5.74) is 1.07. The molecule has 0 aliphatic heterocycles. The molecule has 0 unspecified atom stereocenters. The van der Waals surface area contributed by atoms with Gasteiger partial charge in [0.05, 0.1) is 4.90 Å². The van der Waals surface area contributed by atoms with Crippen molar-refractivity contribution >= 4 is 26.0 Å². The van der Waals surface area contributed by atoms with E-state index >= 15 is 0 Å². The Morgan fingerprint density at radius 2 is 2.10 bits per heavy atom. The summed E-state index contributed by atoms with van der Waals surface area (Å²) in [5, 5.41) is 3.23. The molecule has 0 amide bonds. The number of nitrogens with zero attached hydrogens (tertiary/aromatic N) is 1. The van der Waals surface area contributed by atoms with Gasteiger partial charge in [-0.2, -0.15) is 0 Å². The van der Waals surface area contributed by atoms with Crippen molar-refractivity contribution in [1.29, 1.82) is 0 Å². The Balaban J connectivity index is 2.14. The van der Waals surface area contributed by atoms with Crippen molar-refractivity contribution in [2.45, 2.75) is 37.6 Å². The minimum Gasteiger partial charge on any atom is -0.313 e. The molecule has 0 bridgehead atoms. The maximum Gasteiger partial charge on any atom is 0.243 e. The van der Waals surface area contributed by atoms with Crippen LogP contribution in [0.2, 0.25) is 0 Å². The molecule has 1 fully saturated rings. The molecule has 0 atom stereocenters. The van der Waals surface area contributed by atoms with E-state index in [1.165, 1.54) is 10.7 Å². The second-order valence-electron chi connectivity index (χ2n) is 5.63. The van der Waals surface area contributed by atoms with E-state index in [-0.39, 0.29) is 0 Å². The Morgan fingerprint density at radius 1 is 1.38 bits per heavy atom. The van der Waals surface area contributed by atoms with Gasteiger partial charge in [-0.15, -0.1) is 0 Å². The van der Waals surface area contributed by atoms with Crippen molar-refractivity contribution in [2.24, 2.45) is 5.92 Å². The summed E-state index contributed by atoms with van der Waals surface area (Å²) in [6, 6.07) is 5.45. The molecule has 0 spiro atoms. The highest BCUT2D eigenvalue weighted by Crippen LogP contribution is 2.30. The number of hydrogen-bond donors (Lipinski definition) is 1. The van der Waals surface area contributed by atoms with Crippen molar-refractivity contribution in [2.75, 3.05) is 20.1 Å². The van der Waals surface area contributed by atoms with Gasteiger partial charge in [-0.25, -0.2) is 12.7 Å². The quantitative estimate of drug-likeness (QED) is 0.797. The third-order valence-corrected chi connectivity index (χ3v) is 6.80. The average Bonchev–Trinajstić information content (AvgIpc) is 2.39. The van der Waals surface area contributed by atoms with Crippen LogP contribution in [0.15, 0.2) is 27.6 Å². The molecule has 1 N–H and O–H groups in total. The zero-order chi connectivity index (χ0) is 15.5. The van der Waals surface area contributed by atoms with E-state index in [2.05, 4.69) is 21.2 Å². The molecule has 0 aromatic heterocycles. The van der Waals surface area contributed by atoms with Crippen molar-refractivity contribution in [3.8, 4) is 0 Å². The Bertz CT molecular complexity index is 585. The Labute approximate surface area is 136 Å². The molecule has 6 heteroatoms. The van der Waals surface area contributed by atoms with Gasteiger partial charge >= 0.3 is 0 Å². The molecular weight excluding hydrogens is 352 g/mol. The molecule has 0 heterocycles. The lowest BCUT2D eigenvalue weighted by Gasteiger charge is -2.29. The maximum atomic E-state index is 12.6. The summed E-state index contributed by atoms with van der Waals surface area (Å²) >= 11 is 3.41. The third kappa shape index (κ3) is 4.06. The van der Waals surface area contributed by atoms with Gasteiger partial charge < -0.3 is 5.32 Å². The van der Waals surface area contributed by atoms with Crippen LogP contribution in [0, 0.1) is 5.92 Å². The fourth-order valence-corrected chi connectivity index (χ4v) is 4.77. The van der Waals surface area contributed by atoms with Gasteiger partial charge in [0.2, 0.25) is 10.0 Å². The summed E-state index contributed by atoms with van der Waals surface area (Å²) in [5.74, 6) is 0.525. The van der Waals surface area contributed by atoms with Crippen LogP contribution in [0.25, 0.3) is 0 Å². The predicted molar refractivity (Wildman–Crippen MR) is 88.7 cm³/mol. The van der Waals surface area contributed by atoms with E-state index in [4.69, 9.17) is 0 Å². The van der Waals surface area contributed by atoms with Crippen molar-refractivity contribution in [3.63, 3.8) is 0 Å². The monoisotopic (exact) mass is 374 g/mol. The summed E-state index contributed by atoms with van der Waals surface area (Å²) in [6.07, 6.45) is 3.51. The van der Waals surface area contributed by atoms with E-state index in [0.29, 0.717) is 21.8 Å². The van der Waals surface area contributed by atoms with Crippen LogP contribution in [0.1, 0.15) is 31.7 Å². The highest BCUT2D eigenvalue weighted by atomic mass is 79.9. The SMILES string of the molecule is CCNCc1ccc(S(=O)(=O)N(C)CC2CCC2)c(Br)c1. The number of hydrogen-bond acceptors (Lipinski definition) is 3. The highest BCUT2D eigenvalue weighted by molar-refractivity contribution is 9.10. The van der Waals surface area contributed by atoms with Crippen molar-refractivity contribution < 1.29 is 8.42 Å². The number of nitrogens with one attached hydrogen (secondary N) is 1. The van der Waals surface area contributed by atoms with Crippen molar-refractivity contribution in [1.82, 2.24) is 9.62 Å². The van der Waals surface area contributed by atoms with Crippen molar-refractivity contribution in [3.05, 3.63) is 28.2 Å². The first-order valence-corrected chi connectivity index (χ1v) is 9.64. The maximum absolute atomic E-state index is 12.6. The highest BCUT2D eigenvalue weighted by Gasteiger charge is 2.28. The second kappa shape index (κ2) is 7.22. The van der Waals surface area contributed by atoms with Crippen LogP contribution in [0.3, 0.4) is 0 Å². The molecule has 1 aromatic carbocycles. The first-order valence-electron chi connectivity index (χ1n) is 7.40. The first kappa shape index (κ1) is 16.9. The lowest BCUT2D eigenvalue weighted by atomic mass is 9.86. The summed E-state index contributed by atoms with van der Waals surface area (Å²) < 4.78 is 27.4. The molecule has 1 aliphatic carbocycles. The Kier molecular flexibility index (Phi) is 5.82. The molecule has 4 nitrogen and oxygen atoms in total. The van der Waals surface area contributed by atoms with Crippen LogP contribution in [0.5, 0.6) is 0 Å². The zero-order valence-electron chi connectivity index (χ0n) is 12.6. The molecule has 0 saturated heterocycles. The smallest absolute Gasteiger partial charge is 0.243 e. The van der Waals surface area contributed by atoms with Crippen LogP contribution in [-0.4, -0.2) is 32.9 Å². The lowest BCUT2D eigenvalue weighted by Crippen LogP contribution is -2.34. The molecule has 0 radical (unpaired) electrons. The van der Waals surface area contributed by atoms with E-state index in [1.807, 2.05) is 19.1 Å². The molecule has 1 aliphatic rings. The first-order chi connectivity index (χ1) is 9.95. The van der Waals surface area contributed by atoms with Crippen LogP contribution in [-0.2, 0) is 16.6 Å². The van der Waals surface area contributed by atoms with Gasteiger partial charge in [0, 0.05) is 24.6 Å². The van der Waals surface area contributed by atoms with E-state index < -0.39 is 10.0 Å². The molecule has 2 rings (SSSR count). The summed E-state index contributed by atoms with van der Waals surface area (Å²) in [6.45, 7) is 4.30. The minimum absolute atomic E-state index is 0.351. The van der Waals surface area contributed by atoms with E-state index in [1.54, 1.807) is 13.1 Å².